The molecule has 0 aliphatic rings. The Balaban J connectivity index is 2.27. The summed E-state index contributed by atoms with van der Waals surface area (Å²) in [5.74, 6) is -0.598. The number of nitrogens with zero attached hydrogens (tertiary/aromatic N) is 2. The van der Waals surface area contributed by atoms with Crippen molar-refractivity contribution in [1.82, 2.24) is 0 Å². The summed E-state index contributed by atoms with van der Waals surface area (Å²) in [4.78, 5) is 0. The van der Waals surface area contributed by atoms with Gasteiger partial charge < -0.3 is 5.32 Å². The van der Waals surface area contributed by atoms with Crippen molar-refractivity contribution < 1.29 is 4.39 Å². The molecule has 5 heteroatoms. The Labute approximate surface area is 120 Å². The van der Waals surface area contributed by atoms with Gasteiger partial charge in [0.2, 0.25) is 0 Å². The van der Waals surface area contributed by atoms with E-state index in [1.807, 2.05) is 0 Å². The molecule has 0 aliphatic carbocycles. The van der Waals surface area contributed by atoms with Crippen LogP contribution in [0.2, 0.25) is 5.02 Å². The van der Waals surface area contributed by atoms with Gasteiger partial charge >= 0.3 is 0 Å². The maximum Gasteiger partial charge on any atom is 0.140 e. The molecule has 3 nitrogen and oxygen atoms in total. The van der Waals surface area contributed by atoms with Gasteiger partial charge in [-0.3, -0.25) is 0 Å². The van der Waals surface area contributed by atoms with E-state index in [-0.39, 0.29) is 5.56 Å². The van der Waals surface area contributed by atoms with Crippen molar-refractivity contribution in [2.24, 2.45) is 0 Å². The molecule has 0 aromatic heterocycles. The summed E-state index contributed by atoms with van der Waals surface area (Å²) in [6.07, 6.45) is 0. The second kappa shape index (κ2) is 6.06. The van der Waals surface area contributed by atoms with Crippen molar-refractivity contribution in [1.29, 1.82) is 10.5 Å². The van der Waals surface area contributed by atoms with Gasteiger partial charge in [-0.2, -0.15) is 10.5 Å². The van der Waals surface area contributed by atoms with E-state index in [1.54, 1.807) is 30.3 Å². The maximum atomic E-state index is 13.3. The summed E-state index contributed by atoms with van der Waals surface area (Å²) < 4.78 is 13.3. The molecule has 0 aliphatic heterocycles. The third kappa shape index (κ3) is 3.06. The molecular weight excluding hydrogens is 277 g/mol. The molecule has 1 unspecified atom stereocenters. The molecule has 0 saturated carbocycles. The van der Waals surface area contributed by atoms with Crippen LogP contribution in [0.15, 0.2) is 42.5 Å². The third-order valence-corrected chi connectivity index (χ3v) is 2.98. The predicted octanol–water partition coefficient (Wildman–Crippen LogP) is 4.03. The van der Waals surface area contributed by atoms with E-state index < -0.39 is 11.9 Å². The van der Waals surface area contributed by atoms with E-state index in [1.165, 1.54) is 18.2 Å². The number of benzene rings is 2. The maximum absolute atomic E-state index is 13.3. The molecule has 0 fully saturated rings. The van der Waals surface area contributed by atoms with Crippen molar-refractivity contribution in [2.45, 2.75) is 6.04 Å². The molecule has 1 atom stereocenters. The molecule has 2 rings (SSSR count). The van der Waals surface area contributed by atoms with Crippen LogP contribution < -0.4 is 5.32 Å². The van der Waals surface area contributed by atoms with Gasteiger partial charge in [0.1, 0.15) is 17.9 Å². The summed E-state index contributed by atoms with van der Waals surface area (Å²) in [6, 6.07) is 14.1. The fourth-order valence-electron chi connectivity index (χ4n) is 1.71. The topological polar surface area (TPSA) is 59.6 Å². The van der Waals surface area contributed by atoms with Crippen molar-refractivity contribution in [3.8, 4) is 12.1 Å². The molecular formula is C15H9ClFN3. The zero-order valence-corrected chi connectivity index (χ0v) is 11.0. The number of anilines is 1. The molecule has 0 bridgehead atoms. The highest BCUT2D eigenvalue weighted by Gasteiger charge is 2.13. The lowest BCUT2D eigenvalue weighted by atomic mass is 10.0. The monoisotopic (exact) mass is 285 g/mol. The SMILES string of the molecule is N#Cc1cc(C(C#N)Nc2ccc(Cl)cc2)ccc1F. The minimum Gasteiger partial charge on any atom is -0.366 e. The Morgan fingerprint density at radius 3 is 2.40 bits per heavy atom. The highest BCUT2D eigenvalue weighted by Crippen LogP contribution is 2.22. The third-order valence-electron chi connectivity index (χ3n) is 2.73. The first kappa shape index (κ1) is 13.9. The second-order valence-corrected chi connectivity index (χ2v) is 4.50. The van der Waals surface area contributed by atoms with Gasteiger partial charge in [-0.25, -0.2) is 4.39 Å². The lowest BCUT2D eigenvalue weighted by Gasteiger charge is -2.13. The van der Waals surface area contributed by atoms with Gasteiger partial charge in [0.25, 0.3) is 0 Å². The standard InChI is InChI=1S/C15H9ClFN3/c16-12-2-4-13(5-3-12)20-15(9-19)10-1-6-14(17)11(7-10)8-18/h1-7,15,20H. The van der Waals surface area contributed by atoms with Crippen LogP contribution in [0.25, 0.3) is 0 Å². The van der Waals surface area contributed by atoms with Crippen LogP contribution in [-0.2, 0) is 0 Å². The lowest BCUT2D eigenvalue weighted by molar-refractivity contribution is 0.623. The van der Waals surface area contributed by atoms with E-state index in [2.05, 4.69) is 11.4 Å². The molecule has 2 aromatic carbocycles. The Morgan fingerprint density at radius 1 is 1.10 bits per heavy atom. The van der Waals surface area contributed by atoms with Crippen molar-refractivity contribution in [2.75, 3.05) is 5.32 Å². The van der Waals surface area contributed by atoms with E-state index in [0.29, 0.717) is 16.3 Å². The van der Waals surface area contributed by atoms with Gasteiger partial charge in [0.05, 0.1) is 11.6 Å². The second-order valence-electron chi connectivity index (χ2n) is 4.06. The first-order chi connectivity index (χ1) is 9.63. The Bertz CT molecular complexity index is 699. The van der Waals surface area contributed by atoms with Crippen LogP contribution in [0.5, 0.6) is 0 Å². The molecule has 0 heterocycles. The number of rotatable bonds is 3. The van der Waals surface area contributed by atoms with Gasteiger partial charge in [-0.1, -0.05) is 17.7 Å². The Morgan fingerprint density at radius 2 is 1.80 bits per heavy atom. The van der Waals surface area contributed by atoms with E-state index in [4.69, 9.17) is 16.9 Å². The zero-order chi connectivity index (χ0) is 14.5. The fraction of sp³-hybridized carbons (Fsp3) is 0.0667. The predicted molar refractivity (Wildman–Crippen MR) is 74.5 cm³/mol. The van der Waals surface area contributed by atoms with E-state index in [9.17, 15) is 9.65 Å². The first-order valence-electron chi connectivity index (χ1n) is 5.75. The Kier molecular flexibility index (Phi) is 4.20. The zero-order valence-electron chi connectivity index (χ0n) is 10.3. The summed E-state index contributed by atoms with van der Waals surface area (Å²) in [5, 5.41) is 21.6. The van der Waals surface area contributed by atoms with Crippen LogP contribution in [-0.4, -0.2) is 0 Å². The Hall–Kier alpha value is -2.56. The molecule has 0 spiro atoms. The molecule has 2 aromatic rings. The molecule has 0 amide bonds. The van der Waals surface area contributed by atoms with E-state index >= 15 is 0 Å². The van der Waals surface area contributed by atoms with Crippen molar-refractivity contribution in [3.05, 3.63) is 64.4 Å². The summed E-state index contributed by atoms with van der Waals surface area (Å²) in [7, 11) is 0. The lowest BCUT2D eigenvalue weighted by Crippen LogP contribution is -2.09. The van der Waals surface area contributed by atoms with E-state index in [0.717, 1.165) is 0 Å². The van der Waals surface area contributed by atoms with Crippen LogP contribution in [0.1, 0.15) is 17.2 Å². The van der Waals surface area contributed by atoms with Crippen molar-refractivity contribution in [3.63, 3.8) is 0 Å². The number of halogens is 2. The molecule has 98 valence electrons. The van der Waals surface area contributed by atoms with Crippen LogP contribution in [0, 0.1) is 28.5 Å². The minimum absolute atomic E-state index is 0.0827. The highest BCUT2D eigenvalue weighted by atomic mass is 35.5. The van der Waals surface area contributed by atoms with Gasteiger partial charge in [0, 0.05) is 10.7 Å². The summed E-state index contributed by atoms with van der Waals surface area (Å²) in [6.45, 7) is 0. The normalized spacial score (nSPS) is 11.2. The summed E-state index contributed by atoms with van der Waals surface area (Å²) in [5.41, 5.74) is 1.16. The number of nitriles is 2. The van der Waals surface area contributed by atoms with Gasteiger partial charge in [0.15, 0.2) is 0 Å². The largest absolute Gasteiger partial charge is 0.366 e. The molecule has 0 radical (unpaired) electrons. The average molecular weight is 286 g/mol. The van der Waals surface area contributed by atoms with Crippen LogP contribution in [0.3, 0.4) is 0 Å². The summed E-state index contributed by atoms with van der Waals surface area (Å²) >= 11 is 5.79. The average Bonchev–Trinajstić information content (AvgIpc) is 2.47. The molecule has 1 N–H and O–H groups in total. The smallest absolute Gasteiger partial charge is 0.140 e. The fourth-order valence-corrected chi connectivity index (χ4v) is 1.84. The first-order valence-corrected chi connectivity index (χ1v) is 6.13. The number of hydrogen-bond acceptors (Lipinski definition) is 3. The van der Waals surface area contributed by atoms with Gasteiger partial charge in [-0.05, 0) is 42.0 Å². The highest BCUT2D eigenvalue weighted by molar-refractivity contribution is 6.30. The number of nitrogens with one attached hydrogen (secondary N) is 1. The number of hydrogen-bond donors (Lipinski definition) is 1. The molecule has 0 saturated heterocycles. The van der Waals surface area contributed by atoms with Crippen molar-refractivity contribution >= 4 is 17.3 Å². The van der Waals surface area contributed by atoms with Gasteiger partial charge in [-0.15, -0.1) is 0 Å². The quantitative estimate of drug-likeness (QED) is 0.926. The van der Waals surface area contributed by atoms with Crippen LogP contribution >= 0.6 is 11.6 Å². The molecule has 20 heavy (non-hydrogen) atoms. The minimum atomic E-state index is -0.677. The van der Waals surface area contributed by atoms with Crippen LogP contribution in [0.4, 0.5) is 10.1 Å².